The minimum absolute atomic E-state index is 0.0133. The molecule has 116 valence electrons. The molecule has 0 amide bonds. The molecule has 2 aromatic rings. The van der Waals surface area contributed by atoms with Gasteiger partial charge in [0.05, 0.1) is 19.0 Å². The number of aliphatic hydroxyl groups excluding tert-OH is 1. The summed E-state index contributed by atoms with van der Waals surface area (Å²) in [5.74, 6) is 1.34. The molecule has 0 fully saturated rings. The lowest BCUT2D eigenvalue weighted by Gasteiger charge is -2.15. The zero-order valence-corrected chi connectivity index (χ0v) is 13.4. The van der Waals surface area contributed by atoms with E-state index < -0.39 is 10.8 Å². The fourth-order valence-corrected chi connectivity index (χ4v) is 4.78. The molecule has 2 aromatic carbocycles. The van der Waals surface area contributed by atoms with Gasteiger partial charge in [0.1, 0.15) is 5.75 Å². The number of ether oxygens (including phenoxy) is 1. The second kappa shape index (κ2) is 6.63. The van der Waals surface area contributed by atoms with Crippen LogP contribution in [0.25, 0.3) is 0 Å². The molecular weight excluding hydrogens is 296 g/mol. The van der Waals surface area contributed by atoms with E-state index in [0.29, 0.717) is 5.75 Å². The highest BCUT2D eigenvalue weighted by molar-refractivity contribution is 7.84. The average molecular weight is 316 g/mol. The molecule has 0 spiro atoms. The molecule has 2 atom stereocenters. The molecule has 2 unspecified atom stereocenters. The first-order chi connectivity index (χ1) is 10.7. The first kappa shape index (κ1) is 15.3. The maximum atomic E-state index is 12.8. The van der Waals surface area contributed by atoms with Crippen molar-refractivity contribution in [1.82, 2.24) is 0 Å². The van der Waals surface area contributed by atoms with Gasteiger partial charge in [-0.3, -0.25) is 4.21 Å². The summed E-state index contributed by atoms with van der Waals surface area (Å²) >= 11 is 0. The van der Waals surface area contributed by atoms with Gasteiger partial charge in [0.15, 0.2) is 0 Å². The maximum absolute atomic E-state index is 12.8. The van der Waals surface area contributed by atoms with Crippen molar-refractivity contribution in [1.29, 1.82) is 0 Å². The summed E-state index contributed by atoms with van der Waals surface area (Å²) in [5, 5.41) is 9.56. The number of benzene rings is 2. The van der Waals surface area contributed by atoms with Crippen molar-refractivity contribution >= 4 is 10.8 Å². The summed E-state index contributed by atoms with van der Waals surface area (Å²) in [6, 6.07) is 13.7. The average Bonchev–Trinajstić information content (AvgIpc) is 2.99. The van der Waals surface area contributed by atoms with Crippen molar-refractivity contribution in [2.75, 3.05) is 7.11 Å². The van der Waals surface area contributed by atoms with Gasteiger partial charge in [-0.2, -0.15) is 0 Å². The molecular formula is C18H20O3S. The van der Waals surface area contributed by atoms with Gasteiger partial charge in [0.25, 0.3) is 0 Å². The van der Waals surface area contributed by atoms with Crippen molar-refractivity contribution in [3.63, 3.8) is 0 Å². The lowest BCUT2D eigenvalue weighted by Crippen LogP contribution is -2.08. The highest BCUT2D eigenvalue weighted by atomic mass is 32.2. The topological polar surface area (TPSA) is 46.5 Å². The molecule has 1 aliphatic carbocycles. The number of aliphatic hydroxyl groups is 1. The standard InChI is InChI=1S/C18H20O3S/c1-21-16-8-5-13(6-9-16)12-22(20)17-10-7-14-3-2-4-15(11-19)18(14)17/h2-6,8-9,17,19H,7,10-12H2,1H3. The Bertz CT molecular complexity index is 679. The van der Waals surface area contributed by atoms with Gasteiger partial charge < -0.3 is 9.84 Å². The normalized spacial score (nSPS) is 18.0. The van der Waals surface area contributed by atoms with Crippen molar-refractivity contribution in [2.45, 2.75) is 30.5 Å². The van der Waals surface area contributed by atoms with Gasteiger partial charge in [-0.05, 0) is 47.2 Å². The van der Waals surface area contributed by atoms with Gasteiger partial charge in [0, 0.05) is 16.6 Å². The van der Waals surface area contributed by atoms with Gasteiger partial charge in [-0.25, -0.2) is 0 Å². The third kappa shape index (κ3) is 2.94. The number of fused-ring (bicyclic) bond motifs is 1. The molecule has 0 aliphatic heterocycles. The second-order valence-electron chi connectivity index (χ2n) is 5.55. The van der Waals surface area contributed by atoms with Gasteiger partial charge in [-0.1, -0.05) is 30.3 Å². The zero-order valence-electron chi connectivity index (χ0n) is 12.6. The van der Waals surface area contributed by atoms with E-state index >= 15 is 0 Å². The van der Waals surface area contributed by atoms with Crippen LogP contribution in [0, 0.1) is 0 Å². The van der Waals surface area contributed by atoms with E-state index in [0.717, 1.165) is 35.3 Å². The smallest absolute Gasteiger partial charge is 0.118 e. The summed E-state index contributed by atoms with van der Waals surface area (Å²) in [4.78, 5) is 0. The molecule has 1 N–H and O–H groups in total. The van der Waals surface area contributed by atoms with Crippen LogP contribution < -0.4 is 4.74 Å². The van der Waals surface area contributed by atoms with E-state index in [4.69, 9.17) is 4.74 Å². The Morgan fingerprint density at radius 1 is 1.23 bits per heavy atom. The molecule has 0 saturated carbocycles. The molecule has 4 heteroatoms. The fourth-order valence-electron chi connectivity index (χ4n) is 3.12. The number of methoxy groups -OCH3 is 1. The Balaban J connectivity index is 1.80. The molecule has 0 bridgehead atoms. The Morgan fingerprint density at radius 3 is 2.68 bits per heavy atom. The van der Waals surface area contributed by atoms with E-state index in [1.54, 1.807) is 7.11 Å². The van der Waals surface area contributed by atoms with Crippen LogP contribution in [0.1, 0.15) is 33.9 Å². The minimum Gasteiger partial charge on any atom is -0.497 e. The van der Waals surface area contributed by atoms with Crippen LogP contribution in [0.2, 0.25) is 0 Å². The van der Waals surface area contributed by atoms with E-state index in [1.165, 1.54) is 5.56 Å². The molecule has 1 aliphatic rings. The minimum atomic E-state index is -0.980. The van der Waals surface area contributed by atoms with E-state index in [-0.39, 0.29) is 11.9 Å². The second-order valence-corrected chi connectivity index (χ2v) is 7.17. The van der Waals surface area contributed by atoms with Crippen LogP contribution in [-0.2, 0) is 29.6 Å². The summed E-state index contributed by atoms with van der Waals surface area (Å²) in [6.07, 6.45) is 1.84. The van der Waals surface area contributed by atoms with E-state index in [1.807, 2.05) is 36.4 Å². The molecule has 0 heterocycles. The van der Waals surface area contributed by atoms with Crippen LogP contribution in [0.4, 0.5) is 0 Å². The first-order valence-electron chi connectivity index (χ1n) is 7.44. The van der Waals surface area contributed by atoms with Crippen LogP contribution in [0.15, 0.2) is 42.5 Å². The molecule has 3 nitrogen and oxygen atoms in total. The maximum Gasteiger partial charge on any atom is 0.118 e. The first-order valence-corrected chi connectivity index (χ1v) is 8.82. The summed E-state index contributed by atoms with van der Waals surface area (Å²) in [5.41, 5.74) is 4.31. The Labute approximate surface area is 133 Å². The van der Waals surface area contributed by atoms with Crippen LogP contribution in [-0.4, -0.2) is 16.4 Å². The van der Waals surface area contributed by atoms with Gasteiger partial charge >= 0.3 is 0 Å². The Hall–Kier alpha value is -1.65. The van der Waals surface area contributed by atoms with E-state index in [2.05, 4.69) is 6.07 Å². The lowest BCUT2D eigenvalue weighted by atomic mass is 10.0. The third-order valence-corrected chi connectivity index (χ3v) is 5.96. The Kier molecular flexibility index (Phi) is 4.60. The van der Waals surface area contributed by atoms with Gasteiger partial charge in [-0.15, -0.1) is 0 Å². The molecule has 3 rings (SSSR count). The SMILES string of the molecule is COc1ccc(CS(=O)C2CCc3cccc(CO)c32)cc1. The number of aryl methyl sites for hydroxylation is 1. The highest BCUT2D eigenvalue weighted by Crippen LogP contribution is 2.39. The number of hydrogen-bond acceptors (Lipinski definition) is 3. The predicted molar refractivity (Wildman–Crippen MR) is 88.3 cm³/mol. The molecule has 22 heavy (non-hydrogen) atoms. The fraction of sp³-hybridized carbons (Fsp3) is 0.333. The van der Waals surface area contributed by atoms with Gasteiger partial charge in [0.2, 0.25) is 0 Å². The van der Waals surface area contributed by atoms with E-state index in [9.17, 15) is 9.32 Å². The monoisotopic (exact) mass is 316 g/mol. The van der Waals surface area contributed by atoms with Crippen molar-refractivity contribution in [3.05, 3.63) is 64.7 Å². The zero-order chi connectivity index (χ0) is 15.5. The summed E-state index contributed by atoms with van der Waals surface area (Å²) in [7, 11) is 0.658. The predicted octanol–water partition coefficient (Wildman–Crippen LogP) is 3.12. The Morgan fingerprint density at radius 2 is 2.00 bits per heavy atom. The quantitative estimate of drug-likeness (QED) is 0.922. The highest BCUT2D eigenvalue weighted by Gasteiger charge is 2.29. The summed E-state index contributed by atoms with van der Waals surface area (Å²) < 4.78 is 17.9. The lowest BCUT2D eigenvalue weighted by molar-refractivity contribution is 0.280. The van der Waals surface area contributed by atoms with Crippen LogP contribution >= 0.6 is 0 Å². The van der Waals surface area contributed by atoms with Crippen LogP contribution in [0.3, 0.4) is 0 Å². The van der Waals surface area contributed by atoms with Crippen molar-refractivity contribution in [2.24, 2.45) is 0 Å². The largest absolute Gasteiger partial charge is 0.497 e. The molecule has 0 saturated heterocycles. The van der Waals surface area contributed by atoms with Crippen molar-refractivity contribution in [3.8, 4) is 5.75 Å². The molecule has 0 aromatic heterocycles. The number of hydrogen-bond donors (Lipinski definition) is 1. The third-order valence-electron chi connectivity index (χ3n) is 4.24. The van der Waals surface area contributed by atoms with Crippen LogP contribution in [0.5, 0.6) is 5.75 Å². The summed E-state index contributed by atoms with van der Waals surface area (Å²) in [6.45, 7) is 0.0133. The molecule has 0 radical (unpaired) electrons. The number of rotatable bonds is 5. The van der Waals surface area contributed by atoms with Crippen molar-refractivity contribution < 1.29 is 14.1 Å².